The maximum absolute atomic E-state index is 14.8. The highest BCUT2D eigenvalue weighted by atomic mass is 19.2. The highest BCUT2D eigenvalue weighted by Crippen LogP contribution is 2.33. The fourth-order valence-corrected chi connectivity index (χ4v) is 6.10. The second-order valence-corrected chi connectivity index (χ2v) is 13.8. The fraction of sp³-hybridized carbons (Fsp3) is 0.606. The molecule has 0 unspecified atom stereocenters. The van der Waals surface area contributed by atoms with Crippen molar-refractivity contribution in [2.24, 2.45) is 11.8 Å². The number of nitrogens with zero attached hydrogens (tertiary/aromatic N) is 6. The van der Waals surface area contributed by atoms with Crippen LogP contribution in [0.5, 0.6) is 5.75 Å². The lowest BCUT2D eigenvalue weighted by atomic mass is 9.84. The van der Waals surface area contributed by atoms with Crippen LogP contribution in [0.15, 0.2) is 29.0 Å². The topological polar surface area (TPSA) is 119 Å². The van der Waals surface area contributed by atoms with Crippen molar-refractivity contribution in [2.75, 3.05) is 42.6 Å². The lowest BCUT2D eigenvalue weighted by Gasteiger charge is -2.33. The van der Waals surface area contributed by atoms with Crippen molar-refractivity contribution in [3.05, 3.63) is 53.4 Å². The molecule has 3 atom stereocenters. The number of anilines is 2. The zero-order valence-corrected chi connectivity index (χ0v) is 27.8. The van der Waals surface area contributed by atoms with Gasteiger partial charge in [0.15, 0.2) is 23.2 Å². The first-order chi connectivity index (χ1) is 22.3. The van der Waals surface area contributed by atoms with Crippen LogP contribution in [0.25, 0.3) is 0 Å². The molecule has 0 radical (unpaired) electrons. The molecule has 11 nitrogen and oxygen atoms in total. The summed E-state index contributed by atoms with van der Waals surface area (Å²) in [6, 6.07) is 1.27. The maximum atomic E-state index is 14.8. The van der Waals surface area contributed by atoms with Gasteiger partial charge in [-0.1, -0.05) is 25.9 Å². The number of alkyl carbamates (subject to hydrolysis) is 1. The van der Waals surface area contributed by atoms with Crippen LogP contribution in [-0.4, -0.2) is 70.6 Å². The summed E-state index contributed by atoms with van der Waals surface area (Å²) in [6.07, 6.45) is 5.39. The highest BCUT2D eigenvalue weighted by Gasteiger charge is 2.39. The minimum absolute atomic E-state index is 0.0536. The number of hydrogen-bond donors (Lipinski definition) is 1. The smallest absolute Gasteiger partial charge is 0.407 e. The number of carbonyl (C=O) groups excluding carboxylic acids is 1. The average molecular weight is 660 g/mol. The number of halogens is 3. The van der Waals surface area contributed by atoms with E-state index in [1.54, 1.807) is 38.1 Å². The van der Waals surface area contributed by atoms with Crippen LogP contribution >= 0.6 is 0 Å². The molecule has 5 rings (SSSR count). The van der Waals surface area contributed by atoms with Gasteiger partial charge in [-0.15, -0.1) is 0 Å². The molecule has 0 bridgehead atoms. The fourth-order valence-electron chi connectivity index (χ4n) is 6.10. The van der Waals surface area contributed by atoms with Gasteiger partial charge in [-0.3, -0.25) is 0 Å². The van der Waals surface area contributed by atoms with E-state index < -0.39 is 41.1 Å². The molecule has 0 aliphatic carbocycles. The third kappa shape index (κ3) is 8.63. The second-order valence-electron chi connectivity index (χ2n) is 13.8. The molecule has 1 N–H and O–H groups in total. The van der Waals surface area contributed by atoms with Crippen molar-refractivity contribution >= 4 is 18.1 Å². The van der Waals surface area contributed by atoms with Gasteiger partial charge in [-0.2, -0.15) is 4.98 Å². The van der Waals surface area contributed by atoms with Gasteiger partial charge in [0.25, 0.3) is 0 Å². The number of hydrogen-bond acceptors (Lipinski definition) is 10. The van der Waals surface area contributed by atoms with Crippen molar-refractivity contribution in [1.29, 1.82) is 0 Å². The molecule has 0 saturated carbocycles. The Labute approximate surface area is 273 Å². The lowest BCUT2D eigenvalue weighted by molar-refractivity contribution is 0.0504. The molecule has 2 aromatic heterocycles. The predicted octanol–water partition coefficient (Wildman–Crippen LogP) is 6.22. The van der Waals surface area contributed by atoms with E-state index in [1.807, 2.05) is 13.8 Å². The number of piperidine rings is 1. The van der Waals surface area contributed by atoms with Crippen LogP contribution in [0.1, 0.15) is 84.0 Å². The minimum Gasteiger partial charge on any atom is -0.490 e. The second kappa shape index (κ2) is 14.3. The summed E-state index contributed by atoms with van der Waals surface area (Å²) in [5, 5.41) is 6.83. The number of nitrogens with one attached hydrogen (secondary N) is 1. The Morgan fingerprint density at radius 1 is 1.02 bits per heavy atom. The minimum atomic E-state index is -1.28. The Morgan fingerprint density at radius 3 is 2.34 bits per heavy atom. The molecular formula is C33H44F3N7O4. The van der Waals surface area contributed by atoms with Crippen LogP contribution < -0.4 is 19.9 Å². The summed E-state index contributed by atoms with van der Waals surface area (Å²) in [4.78, 5) is 29.9. The molecule has 2 fully saturated rings. The van der Waals surface area contributed by atoms with Crippen LogP contribution in [-0.2, 0) is 4.74 Å². The molecular weight excluding hydrogens is 615 g/mol. The number of aromatic nitrogens is 4. The van der Waals surface area contributed by atoms with Gasteiger partial charge >= 0.3 is 12.1 Å². The third-order valence-electron chi connectivity index (χ3n) is 8.76. The van der Waals surface area contributed by atoms with E-state index in [4.69, 9.17) is 14.0 Å². The van der Waals surface area contributed by atoms with Gasteiger partial charge in [0.05, 0.1) is 25.0 Å². The normalized spacial score (nSPS) is 19.7. The van der Waals surface area contributed by atoms with Crippen molar-refractivity contribution in [3.63, 3.8) is 0 Å². The molecule has 2 saturated heterocycles. The van der Waals surface area contributed by atoms with Crippen LogP contribution in [0.2, 0.25) is 0 Å². The SMILES string of the molecule is CC(C)c1noc(N2CCC([C@H](C)CCOc3cnc(N4C[C@H](NC(=O)OC(C)(C)C)[C@@H](c5cc(F)c(F)cc5F)C4)nc3)CC2)n1. The standard InChI is InChI=1S/C33H44F3N7O4/c1-19(2)29-40-31(47-41-29)42-10-7-21(8-11-42)20(3)9-12-45-22-15-37-30(38-16-22)43-17-24(23-13-26(35)27(36)14-25(23)34)28(18-43)39-32(44)46-33(4,5)6/h13-16,19-21,24,28H,7-12,17-18H2,1-6H3,(H,39,44)/t20-,24-,28+/m1/s1. The highest BCUT2D eigenvalue weighted by molar-refractivity contribution is 5.68. The molecule has 2 aliphatic heterocycles. The van der Waals surface area contributed by atoms with Gasteiger partial charge in [0.1, 0.15) is 11.4 Å². The van der Waals surface area contributed by atoms with Crippen molar-refractivity contribution in [3.8, 4) is 5.75 Å². The summed E-state index contributed by atoms with van der Waals surface area (Å²) in [5.41, 5.74) is -0.810. The summed E-state index contributed by atoms with van der Waals surface area (Å²) < 4.78 is 59.4. The number of benzene rings is 1. The number of rotatable bonds is 10. The zero-order valence-electron chi connectivity index (χ0n) is 27.8. The zero-order chi connectivity index (χ0) is 33.9. The van der Waals surface area contributed by atoms with Crippen molar-refractivity contribution in [1.82, 2.24) is 25.4 Å². The van der Waals surface area contributed by atoms with Gasteiger partial charge in [0.2, 0.25) is 5.95 Å². The number of ether oxygens (including phenoxy) is 2. The van der Waals surface area contributed by atoms with Crippen molar-refractivity contribution in [2.45, 2.75) is 84.3 Å². The Bertz CT molecular complexity index is 1510. The Morgan fingerprint density at radius 2 is 1.70 bits per heavy atom. The quantitative estimate of drug-likeness (QED) is 0.251. The molecule has 3 aromatic rings. The monoisotopic (exact) mass is 659 g/mol. The predicted molar refractivity (Wildman–Crippen MR) is 169 cm³/mol. The summed E-state index contributed by atoms with van der Waals surface area (Å²) in [5.74, 6) is -1.24. The average Bonchev–Trinajstić information content (AvgIpc) is 3.67. The van der Waals surface area contributed by atoms with E-state index in [-0.39, 0.29) is 24.6 Å². The first kappa shape index (κ1) is 34.2. The van der Waals surface area contributed by atoms with E-state index in [0.717, 1.165) is 44.2 Å². The Hall–Kier alpha value is -4.10. The largest absolute Gasteiger partial charge is 0.490 e. The molecule has 47 heavy (non-hydrogen) atoms. The molecule has 4 heterocycles. The molecule has 14 heteroatoms. The van der Waals surface area contributed by atoms with Crippen molar-refractivity contribution < 1.29 is 32.0 Å². The molecule has 0 spiro atoms. The van der Waals surface area contributed by atoms with Gasteiger partial charge in [0, 0.05) is 44.1 Å². The Balaban J connectivity index is 1.14. The van der Waals surface area contributed by atoms with E-state index >= 15 is 0 Å². The van der Waals surface area contributed by atoms with Crippen LogP contribution in [0.4, 0.5) is 29.9 Å². The molecule has 1 amide bonds. The maximum Gasteiger partial charge on any atom is 0.407 e. The first-order valence-corrected chi connectivity index (χ1v) is 16.2. The number of carbonyl (C=O) groups is 1. The van der Waals surface area contributed by atoms with E-state index in [1.165, 1.54) is 0 Å². The van der Waals surface area contributed by atoms with Gasteiger partial charge in [-0.05, 0) is 63.5 Å². The third-order valence-corrected chi connectivity index (χ3v) is 8.76. The van der Waals surface area contributed by atoms with E-state index in [2.05, 4.69) is 37.2 Å². The Kier molecular flexibility index (Phi) is 10.5. The van der Waals surface area contributed by atoms with Crippen LogP contribution in [0, 0.1) is 29.3 Å². The van der Waals surface area contributed by atoms with E-state index in [9.17, 15) is 18.0 Å². The first-order valence-electron chi connectivity index (χ1n) is 16.2. The summed E-state index contributed by atoms with van der Waals surface area (Å²) in [6.45, 7) is 14.1. The lowest BCUT2D eigenvalue weighted by Crippen LogP contribution is -2.43. The van der Waals surface area contributed by atoms with E-state index in [0.29, 0.717) is 42.2 Å². The molecule has 1 aromatic carbocycles. The van der Waals surface area contributed by atoms with Gasteiger partial charge < -0.3 is 29.1 Å². The summed E-state index contributed by atoms with van der Waals surface area (Å²) >= 11 is 0. The molecule has 2 aliphatic rings. The van der Waals surface area contributed by atoms with Gasteiger partial charge in [-0.25, -0.2) is 27.9 Å². The molecule has 256 valence electrons. The van der Waals surface area contributed by atoms with Crippen LogP contribution in [0.3, 0.4) is 0 Å². The number of amides is 1. The summed E-state index contributed by atoms with van der Waals surface area (Å²) in [7, 11) is 0.